The van der Waals surface area contributed by atoms with Crippen LogP contribution in [-0.4, -0.2) is 24.7 Å². The number of amides is 2. The van der Waals surface area contributed by atoms with Crippen molar-refractivity contribution in [3.8, 4) is 5.75 Å². The number of hydrogen-bond donors (Lipinski definition) is 2. The third-order valence-corrected chi connectivity index (χ3v) is 4.88. The standard InChI is InChI=1S/C22H25ClN2O4/c1-22(2,3)29-21(27)25-18-11-13(9-10-19(18)28-4)24-20(26)16-12-15(16)14-7-5-6-8-17(14)23/h5-11,15-16H,12H2,1-4H3,(H,24,26)(H,25,27). The van der Waals surface area contributed by atoms with Gasteiger partial charge in [-0.2, -0.15) is 0 Å². The van der Waals surface area contributed by atoms with E-state index in [-0.39, 0.29) is 17.7 Å². The number of rotatable bonds is 5. The van der Waals surface area contributed by atoms with Crippen LogP contribution < -0.4 is 15.4 Å². The highest BCUT2D eigenvalue weighted by Crippen LogP contribution is 2.50. The molecule has 29 heavy (non-hydrogen) atoms. The normalized spacial score (nSPS) is 18.0. The molecule has 0 spiro atoms. The van der Waals surface area contributed by atoms with Crippen LogP contribution in [0.5, 0.6) is 5.75 Å². The molecular weight excluding hydrogens is 392 g/mol. The largest absolute Gasteiger partial charge is 0.495 e. The second kappa shape index (κ2) is 8.33. The van der Waals surface area contributed by atoms with Crippen LogP contribution in [0.3, 0.4) is 0 Å². The van der Waals surface area contributed by atoms with Gasteiger partial charge in [0.15, 0.2) is 0 Å². The van der Waals surface area contributed by atoms with Crippen molar-refractivity contribution in [2.45, 2.75) is 38.7 Å². The Kier molecular flexibility index (Phi) is 6.03. The summed E-state index contributed by atoms with van der Waals surface area (Å²) in [6, 6.07) is 12.6. The van der Waals surface area contributed by atoms with Crippen molar-refractivity contribution in [2.24, 2.45) is 5.92 Å². The minimum atomic E-state index is -0.622. The monoisotopic (exact) mass is 416 g/mol. The fourth-order valence-corrected chi connectivity index (χ4v) is 3.41. The van der Waals surface area contributed by atoms with Crippen LogP contribution in [0.1, 0.15) is 38.7 Å². The highest BCUT2D eigenvalue weighted by atomic mass is 35.5. The van der Waals surface area contributed by atoms with E-state index in [1.54, 1.807) is 39.0 Å². The summed E-state index contributed by atoms with van der Waals surface area (Å²) in [6.07, 6.45) is 0.162. The predicted octanol–water partition coefficient (Wildman–Crippen LogP) is 5.44. The van der Waals surface area contributed by atoms with E-state index in [1.807, 2.05) is 24.3 Å². The van der Waals surface area contributed by atoms with Crippen molar-refractivity contribution >= 4 is 35.0 Å². The Balaban J connectivity index is 1.68. The van der Waals surface area contributed by atoms with Crippen molar-refractivity contribution in [1.29, 1.82) is 0 Å². The van der Waals surface area contributed by atoms with Gasteiger partial charge in [-0.15, -0.1) is 0 Å². The Hall–Kier alpha value is -2.73. The Morgan fingerprint density at radius 2 is 1.83 bits per heavy atom. The lowest BCUT2D eigenvalue weighted by Crippen LogP contribution is -2.27. The molecule has 2 amide bonds. The molecule has 3 rings (SSSR count). The summed E-state index contributed by atoms with van der Waals surface area (Å²) in [5.41, 5.74) is 1.35. The molecule has 2 aromatic rings. The number of hydrogen-bond acceptors (Lipinski definition) is 4. The van der Waals surface area contributed by atoms with Crippen molar-refractivity contribution in [3.63, 3.8) is 0 Å². The van der Waals surface area contributed by atoms with Crippen LogP contribution in [-0.2, 0) is 9.53 Å². The van der Waals surface area contributed by atoms with Gasteiger partial charge >= 0.3 is 6.09 Å². The molecule has 6 nitrogen and oxygen atoms in total. The molecule has 1 aliphatic carbocycles. The average molecular weight is 417 g/mol. The number of carbonyl (C=O) groups is 2. The van der Waals surface area contributed by atoms with Crippen molar-refractivity contribution in [1.82, 2.24) is 0 Å². The third-order valence-electron chi connectivity index (χ3n) is 4.53. The number of benzene rings is 2. The molecule has 2 N–H and O–H groups in total. The minimum absolute atomic E-state index is 0.0803. The maximum absolute atomic E-state index is 12.6. The van der Waals surface area contributed by atoms with Crippen LogP contribution in [0.2, 0.25) is 5.02 Å². The van der Waals surface area contributed by atoms with Crippen LogP contribution >= 0.6 is 11.6 Å². The van der Waals surface area contributed by atoms with E-state index < -0.39 is 11.7 Å². The second-order valence-corrected chi connectivity index (χ2v) is 8.41. The molecule has 1 saturated carbocycles. The number of methoxy groups -OCH3 is 1. The zero-order valence-corrected chi connectivity index (χ0v) is 17.7. The summed E-state index contributed by atoms with van der Waals surface area (Å²) < 4.78 is 10.6. The van der Waals surface area contributed by atoms with Crippen molar-refractivity contribution < 1.29 is 19.1 Å². The lowest BCUT2D eigenvalue weighted by atomic mass is 10.1. The fourth-order valence-electron chi connectivity index (χ4n) is 3.14. The van der Waals surface area contributed by atoms with Crippen LogP contribution in [0.4, 0.5) is 16.2 Å². The van der Waals surface area contributed by atoms with Gasteiger partial charge in [0, 0.05) is 16.6 Å². The van der Waals surface area contributed by atoms with E-state index in [0.29, 0.717) is 22.1 Å². The van der Waals surface area contributed by atoms with Crippen LogP contribution in [0, 0.1) is 5.92 Å². The molecule has 0 radical (unpaired) electrons. The average Bonchev–Trinajstić information content (AvgIpc) is 3.41. The van der Waals surface area contributed by atoms with Gasteiger partial charge < -0.3 is 14.8 Å². The summed E-state index contributed by atoms with van der Waals surface area (Å²) in [5.74, 6) is 0.387. The summed E-state index contributed by atoms with van der Waals surface area (Å²) in [7, 11) is 1.51. The summed E-state index contributed by atoms with van der Waals surface area (Å²) in [5, 5.41) is 6.25. The molecule has 1 fully saturated rings. The smallest absolute Gasteiger partial charge is 0.412 e. The van der Waals surface area contributed by atoms with E-state index in [4.69, 9.17) is 21.1 Å². The molecular formula is C22H25ClN2O4. The van der Waals surface area contributed by atoms with E-state index >= 15 is 0 Å². The summed E-state index contributed by atoms with van der Waals surface area (Å²) in [4.78, 5) is 24.7. The van der Waals surface area contributed by atoms with E-state index in [9.17, 15) is 9.59 Å². The first kappa shape index (κ1) is 21.0. The number of halogens is 1. The van der Waals surface area contributed by atoms with E-state index in [0.717, 1.165) is 12.0 Å². The molecule has 0 aromatic heterocycles. The highest BCUT2D eigenvalue weighted by Gasteiger charge is 2.44. The van der Waals surface area contributed by atoms with E-state index in [2.05, 4.69) is 10.6 Å². The number of ether oxygens (including phenoxy) is 2. The third kappa shape index (κ3) is 5.41. The molecule has 2 unspecified atom stereocenters. The highest BCUT2D eigenvalue weighted by molar-refractivity contribution is 6.31. The van der Waals surface area contributed by atoms with Gasteiger partial charge in [-0.1, -0.05) is 29.8 Å². The Morgan fingerprint density at radius 1 is 1.10 bits per heavy atom. The first-order valence-electron chi connectivity index (χ1n) is 9.41. The Morgan fingerprint density at radius 3 is 2.48 bits per heavy atom. The molecule has 0 bridgehead atoms. The molecule has 1 aliphatic rings. The summed E-state index contributed by atoms with van der Waals surface area (Å²) >= 11 is 6.24. The maximum atomic E-state index is 12.6. The maximum Gasteiger partial charge on any atom is 0.412 e. The second-order valence-electron chi connectivity index (χ2n) is 8.00. The first-order chi connectivity index (χ1) is 13.7. The van der Waals surface area contributed by atoms with Gasteiger partial charge in [-0.3, -0.25) is 10.1 Å². The first-order valence-corrected chi connectivity index (χ1v) is 9.79. The van der Waals surface area contributed by atoms with Crippen LogP contribution in [0.25, 0.3) is 0 Å². The molecule has 0 heterocycles. The van der Waals surface area contributed by atoms with Crippen molar-refractivity contribution in [3.05, 3.63) is 53.1 Å². The van der Waals surface area contributed by atoms with Crippen LogP contribution in [0.15, 0.2) is 42.5 Å². The van der Waals surface area contributed by atoms with Gasteiger partial charge in [0.1, 0.15) is 11.4 Å². The fraction of sp³-hybridized carbons (Fsp3) is 0.364. The molecule has 0 aliphatic heterocycles. The Bertz CT molecular complexity index is 923. The number of anilines is 2. The molecule has 7 heteroatoms. The molecule has 0 saturated heterocycles. The SMILES string of the molecule is COc1ccc(NC(=O)C2CC2c2ccccc2Cl)cc1NC(=O)OC(C)(C)C. The summed E-state index contributed by atoms with van der Waals surface area (Å²) in [6.45, 7) is 5.35. The van der Waals surface area contributed by atoms with Gasteiger partial charge in [0.05, 0.1) is 12.8 Å². The topological polar surface area (TPSA) is 76.7 Å². The lowest BCUT2D eigenvalue weighted by molar-refractivity contribution is -0.117. The minimum Gasteiger partial charge on any atom is -0.495 e. The molecule has 2 aromatic carbocycles. The Labute approximate surface area is 175 Å². The lowest BCUT2D eigenvalue weighted by Gasteiger charge is -2.20. The quantitative estimate of drug-likeness (QED) is 0.680. The number of nitrogens with one attached hydrogen (secondary N) is 2. The zero-order valence-electron chi connectivity index (χ0n) is 16.9. The van der Waals surface area contributed by atoms with Gasteiger partial charge in [-0.05, 0) is 62.9 Å². The van der Waals surface area contributed by atoms with Gasteiger partial charge in [0.2, 0.25) is 5.91 Å². The molecule has 154 valence electrons. The number of carbonyl (C=O) groups excluding carboxylic acids is 2. The van der Waals surface area contributed by atoms with Gasteiger partial charge in [-0.25, -0.2) is 4.79 Å². The molecule has 2 atom stereocenters. The predicted molar refractivity (Wildman–Crippen MR) is 114 cm³/mol. The van der Waals surface area contributed by atoms with Crippen molar-refractivity contribution in [2.75, 3.05) is 17.7 Å². The van der Waals surface area contributed by atoms with E-state index in [1.165, 1.54) is 7.11 Å². The zero-order chi connectivity index (χ0) is 21.2. The van der Waals surface area contributed by atoms with Gasteiger partial charge in [0.25, 0.3) is 0 Å².